The van der Waals surface area contributed by atoms with E-state index in [4.69, 9.17) is 27.5 Å². The van der Waals surface area contributed by atoms with Crippen molar-refractivity contribution in [2.45, 2.75) is 6.61 Å². The van der Waals surface area contributed by atoms with Crippen LogP contribution in [0.15, 0.2) is 46.9 Å². The Kier molecular flexibility index (Phi) is 4.45. The average Bonchev–Trinajstić information content (AvgIpc) is 2.37. The molecule has 0 bridgehead atoms. The maximum absolute atomic E-state index is 7.36. The van der Waals surface area contributed by atoms with Crippen molar-refractivity contribution in [1.29, 1.82) is 5.41 Å². The van der Waals surface area contributed by atoms with Gasteiger partial charge in [-0.3, -0.25) is 5.41 Å². The van der Waals surface area contributed by atoms with Gasteiger partial charge < -0.3 is 10.5 Å². The Hall–Kier alpha value is -1.52. The summed E-state index contributed by atoms with van der Waals surface area (Å²) in [4.78, 5) is 0. The summed E-state index contributed by atoms with van der Waals surface area (Å²) in [5, 5.41) is 7.77. The van der Waals surface area contributed by atoms with Crippen molar-refractivity contribution in [3.8, 4) is 5.75 Å². The van der Waals surface area contributed by atoms with Crippen molar-refractivity contribution in [2.75, 3.05) is 0 Å². The highest BCUT2D eigenvalue weighted by molar-refractivity contribution is 9.10. The van der Waals surface area contributed by atoms with Gasteiger partial charge in [0.1, 0.15) is 18.2 Å². The molecule has 0 saturated heterocycles. The largest absolute Gasteiger partial charge is 0.489 e. The van der Waals surface area contributed by atoms with Crippen LogP contribution < -0.4 is 10.5 Å². The predicted molar refractivity (Wildman–Crippen MR) is 80.9 cm³/mol. The van der Waals surface area contributed by atoms with Gasteiger partial charge in [-0.05, 0) is 24.3 Å². The quantitative estimate of drug-likeness (QED) is 0.654. The summed E-state index contributed by atoms with van der Waals surface area (Å²) in [6.45, 7) is 0.442. The molecule has 0 aliphatic heterocycles. The first kappa shape index (κ1) is 13.9. The van der Waals surface area contributed by atoms with Crippen LogP contribution in [0.3, 0.4) is 0 Å². The molecular weight excluding hydrogens is 328 g/mol. The Morgan fingerprint density at radius 1 is 1.26 bits per heavy atom. The first-order chi connectivity index (χ1) is 9.08. The second-order valence-electron chi connectivity index (χ2n) is 3.94. The first-order valence-corrected chi connectivity index (χ1v) is 6.75. The number of halogens is 2. The van der Waals surface area contributed by atoms with Gasteiger partial charge in [0.2, 0.25) is 0 Å². The third-order valence-electron chi connectivity index (χ3n) is 2.58. The van der Waals surface area contributed by atoms with Gasteiger partial charge in [-0.1, -0.05) is 45.7 Å². The molecule has 2 aromatic carbocycles. The van der Waals surface area contributed by atoms with Crippen molar-refractivity contribution in [3.63, 3.8) is 0 Å². The van der Waals surface area contributed by atoms with Gasteiger partial charge in [-0.2, -0.15) is 0 Å². The Balaban J connectivity index is 2.11. The zero-order valence-electron chi connectivity index (χ0n) is 9.99. The summed E-state index contributed by atoms with van der Waals surface area (Å²) >= 11 is 9.49. The molecule has 0 aliphatic rings. The minimum atomic E-state index is -0.0534. The van der Waals surface area contributed by atoms with E-state index in [9.17, 15) is 0 Å². The highest BCUT2D eigenvalue weighted by atomic mass is 79.9. The van der Waals surface area contributed by atoms with Crippen LogP contribution in [0.25, 0.3) is 0 Å². The Bertz CT molecular complexity index is 616. The number of rotatable bonds is 4. The standard InChI is InChI=1S/C14H12BrClN2O/c15-12-4-2-1-3-9(12)8-19-10-5-6-11(14(17)18)13(16)7-10/h1-7H,8H2,(H3,17,18). The van der Waals surface area contributed by atoms with E-state index in [2.05, 4.69) is 15.9 Å². The van der Waals surface area contributed by atoms with Crippen LogP contribution in [-0.2, 0) is 6.61 Å². The molecule has 0 unspecified atom stereocenters. The Morgan fingerprint density at radius 3 is 2.63 bits per heavy atom. The molecule has 19 heavy (non-hydrogen) atoms. The lowest BCUT2D eigenvalue weighted by molar-refractivity contribution is 0.305. The maximum Gasteiger partial charge on any atom is 0.124 e. The van der Waals surface area contributed by atoms with Crippen molar-refractivity contribution in [3.05, 3.63) is 63.1 Å². The lowest BCUT2D eigenvalue weighted by Gasteiger charge is -2.09. The average molecular weight is 340 g/mol. The van der Waals surface area contributed by atoms with Crippen LogP contribution in [0.5, 0.6) is 5.75 Å². The Morgan fingerprint density at radius 2 is 2.00 bits per heavy atom. The smallest absolute Gasteiger partial charge is 0.124 e. The molecule has 0 spiro atoms. The summed E-state index contributed by atoms with van der Waals surface area (Å²) in [6.07, 6.45) is 0. The Labute approximate surface area is 125 Å². The molecule has 0 fully saturated rings. The monoisotopic (exact) mass is 338 g/mol. The van der Waals surface area contributed by atoms with Gasteiger partial charge in [-0.15, -0.1) is 0 Å². The summed E-state index contributed by atoms with van der Waals surface area (Å²) in [5.41, 5.74) is 6.96. The molecule has 0 atom stereocenters. The molecule has 5 heteroatoms. The van der Waals surface area contributed by atoms with E-state index < -0.39 is 0 Å². The number of nitrogen functional groups attached to an aromatic ring is 1. The molecule has 3 nitrogen and oxygen atoms in total. The van der Waals surface area contributed by atoms with Crippen molar-refractivity contribution in [1.82, 2.24) is 0 Å². The maximum atomic E-state index is 7.36. The van der Waals surface area contributed by atoms with E-state index in [1.165, 1.54) is 0 Å². The molecular formula is C14H12BrClN2O. The third kappa shape index (κ3) is 3.49. The lowest BCUT2D eigenvalue weighted by atomic mass is 10.2. The van der Waals surface area contributed by atoms with E-state index in [0.29, 0.717) is 22.9 Å². The summed E-state index contributed by atoms with van der Waals surface area (Å²) in [6, 6.07) is 12.9. The molecule has 0 radical (unpaired) electrons. The third-order valence-corrected chi connectivity index (χ3v) is 3.67. The van der Waals surface area contributed by atoms with E-state index >= 15 is 0 Å². The number of nitrogens with one attached hydrogen (secondary N) is 1. The van der Waals surface area contributed by atoms with Crippen LogP contribution in [0.2, 0.25) is 5.02 Å². The van der Waals surface area contributed by atoms with Crippen LogP contribution in [0.4, 0.5) is 0 Å². The van der Waals surface area contributed by atoms with Crippen LogP contribution >= 0.6 is 27.5 Å². The van der Waals surface area contributed by atoms with Crippen molar-refractivity contribution in [2.24, 2.45) is 5.73 Å². The van der Waals surface area contributed by atoms with Gasteiger partial charge in [0.25, 0.3) is 0 Å². The number of hydrogen-bond donors (Lipinski definition) is 2. The molecule has 2 rings (SSSR count). The molecule has 0 aromatic heterocycles. The lowest BCUT2D eigenvalue weighted by Crippen LogP contribution is -2.11. The van der Waals surface area contributed by atoms with E-state index in [0.717, 1.165) is 10.0 Å². The van der Waals surface area contributed by atoms with Crippen LogP contribution in [0, 0.1) is 5.41 Å². The predicted octanol–water partition coefficient (Wildman–Crippen LogP) is 3.97. The summed E-state index contributed by atoms with van der Waals surface area (Å²) in [5.74, 6) is 0.591. The minimum Gasteiger partial charge on any atom is -0.489 e. The highest BCUT2D eigenvalue weighted by Gasteiger charge is 2.06. The molecule has 3 N–H and O–H groups in total. The van der Waals surface area contributed by atoms with Gasteiger partial charge in [0, 0.05) is 15.6 Å². The van der Waals surface area contributed by atoms with Gasteiger partial charge in [0.05, 0.1) is 5.02 Å². The number of benzene rings is 2. The van der Waals surface area contributed by atoms with Gasteiger partial charge >= 0.3 is 0 Å². The van der Waals surface area contributed by atoms with Crippen molar-refractivity contribution >= 4 is 33.4 Å². The summed E-state index contributed by atoms with van der Waals surface area (Å²) in [7, 11) is 0. The second-order valence-corrected chi connectivity index (χ2v) is 5.20. The molecule has 0 saturated carbocycles. The molecule has 0 heterocycles. The zero-order valence-corrected chi connectivity index (χ0v) is 12.3. The second kappa shape index (κ2) is 6.08. The van der Waals surface area contributed by atoms with Crippen molar-refractivity contribution < 1.29 is 4.74 Å². The fourth-order valence-corrected chi connectivity index (χ4v) is 2.25. The normalized spacial score (nSPS) is 10.2. The first-order valence-electron chi connectivity index (χ1n) is 5.58. The fraction of sp³-hybridized carbons (Fsp3) is 0.0714. The van der Waals surface area contributed by atoms with Crippen LogP contribution in [-0.4, -0.2) is 5.84 Å². The van der Waals surface area contributed by atoms with E-state index in [1.54, 1.807) is 18.2 Å². The molecule has 98 valence electrons. The number of nitrogens with two attached hydrogens (primary N) is 1. The van der Waals surface area contributed by atoms with Gasteiger partial charge in [-0.25, -0.2) is 0 Å². The molecule has 0 amide bonds. The van der Waals surface area contributed by atoms with E-state index in [-0.39, 0.29) is 5.84 Å². The number of hydrogen-bond acceptors (Lipinski definition) is 2. The number of amidine groups is 1. The zero-order chi connectivity index (χ0) is 13.8. The fourth-order valence-electron chi connectivity index (χ4n) is 1.58. The molecule has 2 aromatic rings. The summed E-state index contributed by atoms with van der Waals surface area (Å²) < 4.78 is 6.66. The van der Waals surface area contributed by atoms with E-state index in [1.807, 2.05) is 24.3 Å². The van der Waals surface area contributed by atoms with Gasteiger partial charge in [0.15, 0.2) is 0 Å². The molecule has 0 aliphatic carbocycles. The highest BCUT2D eigenvalue weighted by Crippen LogP contribution is 2.24. The minimum absolute atomic E-state index is 0.0534. The van der Waals surface area contributed by atoms with Crippen LogP contribution in [0.1, 0.15) is 11.1 Å². The SMILES string of the molecule is N=C(N)c1ccc(OCc2ccccc2Br)cc1Cl. The number of ether oxygens (including phenoxy) is 1. The topological polar surface area (TPSA) is 59.1 Å².